The number of hydrogen-bond acceptors (Lipinski definition) is 6. The highest BCUT2D eigenvalue weighted by Gasteiger charge is 2.46. The summed E-state index contributed by atoms with van der Waals surface area (Å²) in [6.45, 7) is 7.85. The molecule has 1 amide bonds. The van der Waals surface area contributed by atoms with E-state index < -0.39 is 23.7 Å². The molecular formula is C31H31NO6. The number of aliphatic hydroxyl groups excluding tert-OH is 1. The number of amides is 1. The maximum Gasteiger partial charge on any atom is 0.338 e. The molecule has 1 unspecified atom stereocenters. The van der Waals surface area contributed by atoms with E-state index in [0.29, 0.717) is 22.4 Å². The summed E-state index contributed by atoms with van der Waals surface area (Å²) in [4.78, 5) is 40.1. The molecule has 3 aromatic rings. The molecule has 0 aliphatic carbocycles. The highest BCUT2D eigenvalue weighted by molar-refractivity contribution is 6.46. The molecule has 1 atom stereocenters. The van der Waals surface area contributed by atoms with E-state index in [1.165, 1.54) is 4.90 Å². The van der Waals surface area contributed by atoms with E-state index in [4.69, 9.17) is 9.47 Å². The predicted octanol–water partition coefficient (Wildman–Crippen LogP) is 5.58. The molecule has 7 nitrogen and oxygen atoms in total. The Bertz CT molecular complexity index is 1380. The van der Waals surface area contributed by atoms with E-state index in [1.807, 2.05) is 51.1 Å². The second kappa shape index (κ2) is 11.3. The van der Waals surface area contributed by atoms with Crippen molar-refractivity contribution in [2.24, 2.45) is 0 Å². The van der Waals surface area contributed by atoms with Crippen LogP contribution in [0.15, 0.2) is 78.4 Å². The second-order valence-corrected chi connectivity index (χ2v) is 9.40. The number of Topliss-reactive ketones (excluding diaryl/α,β-unsaturated/α-hetero) is 1. The van der Waals surface area contributed by atoms with Gasteiger partial charge in [-0.25, -0.2) is 4.79 Å². The zero-order valence-electron chi connectivity index (χ0n) is 21.9. The molecule has 1 N–H and O–H groups in total. The summed E-state index contributed by atoms with van der Waals surface area (Å²) < 4.78 is 10.8. The first-order valence-corrected chi connectivity index (χ1v) is 12.6. The van der Waals surface area contributed by atoms with Gasteiger partial charge in [-0.2, -0.15) is 0 Å². The lowest BCUT2D eigenvalue weighted by molar-refractivity contribution is -0.140. The van der Waals surface area contributed by atoms with Gasteiger partial charge in [-0.1, -0.05) is 42.5 Å². The van der Waals surface area contributed by atoms with Gasteiger partial charge in [-0.15, -0.1) is 0 Å². The summed E-state index contributed by atoms with van der Waals surface area (Å²) in [6.07, 6.45) is -0.0112. The fourth-order valence-electron chi connectivity index (χ4n) is 4.52. The number of carbonyl (C=O) groups is 3. The number of ether oxygens (including phenoxy) is 2. The lowest BCUT2D eigenvalue weighted by Crippen LogP contribution is -2.29. The summed E-state index contributed by atoms with van der Waals surface area (Å²) in [5.41, 5.74) is 3.09. The Morgan fingerprint density at radius 1 is 0.974 bits per heavy atom. The molecule has 1 fully saturated rings. The number of aliphatic hydroxyl groups is 1. The van der Waals surface area contributed by atoms with Crippen molar-refractivity contribution < 1.29 is 29.0 Å². The average molecular weight is 514 g/mol. The van der Waals surface area contributed by atoms with Gasteiger partial charge < -0.3 is 19.5 Å². The maximum atomic E-state index is 13.3. The first-order valence-electron chi connectivity index (χ1n) is 12.6. The third-order valence-corrected chi connectivity index (χ3v) is 6.28. The largest absolute Gasteiger partial charge is 0.507 e. The Kier molecular flexibility index (Phi) is 7.96. The molecule has 1 aliphatic heterocycles. The molecule has 1 heterocycles. The van der Waals surface area contributed by atoms with Crippen LogP contribution in [-0.2, 0) is 20.9 Å². The molecule has 38 heavy (non-hydrogen) atoms. The van der Waals surface area contributed by atoms with Gasteiger partial charge in [-0.05, 0) is 74.7 Å². The molecule has 0 saturated carbocycles. The van der Waals surface area contributed by atoms with Crippen molar-refractivity contribution in [3.8, 4) is 5.75 Å². The van der Waals surface area contributed by atoms with Crippen LogP contribution < -0.4 is 4.74 Å². The number of likely N-dealkylation sites (tertiary alicyclic amines) is 1. The van der Waals surface area contributed by atoms with Gasteiger partial charge in [0.25, 0.3) is 11.7 Å². The smallest absolute Gasteiger partial charge is 0.338 e. The van der Waals surface area contributed by atoms with Crippen LogP contribution in [0.2, 0.25) is 0 Å². The number of ketones is 1. The van der Waals surface area contributed by atoms with E-state index in [-0.39, 0.29) is 30.6 Å². The van der Waals surface area contributed by atoms with Gasteiger partial charge in [-0.3, -0.25) is 9.59 Å². The normalized spacial score (nSPS) is 16.7. The van der Waals surface area contributed by atoms with Crippen molar-refractivity contribution in [2.45, 2.75) is 46.4 Å². The summed E-state index contributed by atoms with van der Waals surface area (Å²) in [5.74, 6) is -1.44. The molecular weight excluding hydrogens is 482 g/mol. The van der Waals surface area contributed by atoms with Crippen LogP contribution in [0.1, 0.15) is 59.4 Å². The zero-order valence-corrected chi connectivity index (χ0v) is 21.9. The minimum atomic E-state index is -0.784. The van der Waals surface area contributed by atoms with Crippen LogP contribution in [0, 0.1) is 6.92 Å². The number of esters is 1. The molecule has 0 bridgehead atoms. The minimum absolute atomic E-state index is 0.0112. The highest BCUT2D eigenvalue weighted by atomic mass is 16.5. The van der Waals surface area contributed by atoms with Crippen molar-refractivity contribution in [2.75, 3.05) is 6.61 Å². The topological polar surface area (TPSA) is 93.1 Å². The van der Waals surface area contributed by atoms with Crippen LogP contribution in [0.25, 0.3) is 5.76 Å². The molecule has 7 heteroatoms. The second-order valence-electron chi connectivity index (χ2n) is 9.40. The number of carbonyl (C=O) groups excluding carboxylic acids is 3. The van der Waals surface area contributed by atoms with E-state index in [1.54, 1.807) is 49.4 Å². The summed E-state index contributed by atoms with van der Waals surface area (Å²) in [6, 6.07) is 20.3. The molecule has 0 radical (unpaired) electrons. The van der Waals surface area contributed by atoms with Gasteiger partial charge in [0.1, 0.15) is 11.5 Å². The average Bonchev–Trinajstić information content (AvgIpc) is 3.15. The third-order valence-electron chi connectivity index (χ3n) is 6.28. The van der Waals surface area contributed by atoms with Crippen molar-refractivity contribution >= 4 is 23.4 Å². The Labute approximate surface area is 222 Å². The number of benzene rings is 3. The number of hydrogen-bond donors (Lipinski definition) is 1. The van der Waals surface area contributed by atoms with Gasteiger partial charge in [0.15, 0.2) is 0 Å². The summed E-state index contributed by atoms with van der Waals surface area (Å²) >= 11 is 0. The van der Waals surface area contributed by atoms with Crippen molar-refractivity contribution in [1.82, 2.24) is 4.90 Å². The Morgan fingerprint density at radius 2 is 1.63 bits per heavy atom. The fraction of sp³-hybridized carbons (Fsp3) is 0.258. The minimum Gasteiger partial charge on any atom is -0.507 e. The molecule has 3 aromatic carbocycles. The molecule has 4 rings (SSSR count). The van der Waals surface area contributed by atoms with Crippen LogP contribution in [0.4, 0.5) is 0 Å². The molecule has 1 aliphatic rings. The Balaban J connectivity index is 1.74. The van der Waals surface area contributed by atoms with Crippen LogP contribution in [0.5, 0.6) is 5.75 Å². The maximum absolute atomic E-state index is 13.3. The van der Waals surface area contributed by atoms with Gasteiger partial charge in [0.05, 0.1) is 29.9 Å². The van der Waals surface area contributed by atoms with Gasteiger partial charge >= 0.3 is 5.97 Å². The molecule has 0 aromatic heterocycles. The number of rotatable bonds is 8. The van der Waals surface area contributed by atoms with E-state index in [9.17, 15) is 19.5 Å². The van der Waals surface area contributed by atoms with Crippen molar-refractivity contribution in [1.29, 1.82) is 0 Å². The van der Waals surface area contributed by atoms with Gasteiger partial charge in [0.2, 0.25) is 0 Å². The lowest BCUT2D eigenvalue weighted by Gasteiger charge is -2.25. The van der Waals surface area contributed by atoms with Crippen molar-refractivity contribution in [3.05, 3.63) is 106 Å². The van der Waals surface area contributed by atoms with E-state index in [0.717, 1.165) is 11.1 Å². The monoisotopic (exact) mass is 513 g/mol. The third kappa shape index (κ3) is 5.47. The quantitative estimate of drug-likeness (QED) is 0.183. The molecule has 1 saturated heterocycles. The first-order chi connectivity index (χ1) is 18.2. The summed E-state index contributed by atoms with van der Waals surface area (Å²) in [5, 5.41) is 11.4. The van der Waals surface area contributed by atoms with Crippen LogP contribution >= 0.6 is 0 Å². The fourth-order valence-corrected chi connectivity index (χ4v) is 4.52. The van der Waals surface area contributed by atoms with Crippen molar-refractivity contribution in [3.63, 3.8) is 0 Å². The Morgan fingerprint density at radius 3 is 2.24 bits per heavy atom. The zero-order chi connectivity index (χ0) is 27.4. The number of aryl methyl sites for hydroxylation is 1. The van der Waals surface area contributed by atoms with Crippen LogP contribution in [0.3, 0.4) is 0 Å². The molecule has 0 spiro atoms. The van der Waals surface area contributed by atoms with E-state index >= 15 is 0 Å². The predicted molar refractivity (Wildman–Crippen MR) is 144 cm³/mol. The summed E-state index contributed by atoms with van der Waals surface area (Å²) in [7, 11) is 0. The number of nitrogens with zero attached hydrogens (tertiary/aromatic N) is 1. The highest BCUT2D eigenvalue weighted by Crippen LogP contribution is 2.40. The first kappa shape index (κ1) is 26.7. The molecule has 196 valence electrons. The Hall–Kier alpha value is -4.39. The standard InChI is InChI=1S/C31H31NO6/c1-5-37-31(36)23-13-11-21(12-14-23)18-32-27(22-9-7-6-8-10-22)26(29(34)30(32)35)28(33)24-15-16-25(20(4)17-24)38-19(2)3/h6-17,19,27,33H,5,18H2,1-4H3/b28-26-. The lowest BCUT2D eigenvalue weighted by atomic mass is 9.94. The van der Waals surface area contributed by atoms with E-state index in [2.05, 4.69) is 0 Å². The van der Waals surface area contributed by atoms with Gasteiger partial charge in [0, 0.05) is 12.1 Å². The SMILES string of the molecule is CCOC(=O)c1ccc(CN2C(=O)C(=O)/C(=C(\O)c3ccc(OC(C)C)c(C)c3)C2c2ccccc2)cc1. The van der Waals surface area contributed by atoms with Crippen LogP contribution in [-0.4, -0.2) is 40.4 Å².